The molecule has 1 fully saturated rings. The summed E-state index contributed by atoms with van der Waals surface area (Å²) in [5.41, 5.74) is 0.218. The van der Waals surface area contributed by atoms with Gasteiger partial charge in [0.2, 0.25) is 0 Å². The van der Waals surface area contributed by atoms with E-state index in [2.05, 4.69) is 44.8 Å². The van der Waals surface area contributed by atoms with Gasteiger partial charge in [0.05, 0.1) is 6.10 Å². The van der Waals surface area contributed by atoms with Gasteiger partial charge in [0.25, 0.3) is 0 Å². The van der Waals surface area contributed by atoms with Gasteiger partial charge in [-0.3, -0.25) is 4.90 Å². The smallest absolute Gasteiger partial charge is 0.0599 e. The van der Waals surface area contributed by atoms with Crippen LogP contribution in [0.1, 0.15) is 60.3 Å². The summed E-state index contributed by atoms with van der Waals surface area (Å²) in [4.78, 5) is 2.66. The first-order chi connectivity index (χ1) is 8.96. The van der Waals surface area contributed by atoms with Gasteiger partial charge in [-0.1, -0.05) is 13.3 Å². The Kier molecular flexibility index (Phi) is 7.33. The topological polar surface area (TPSA) is 24.5 Å². The van der Waals surface area contributed by atoms with Crippen LogP contribution in [-0.4, -0.2) is 48.8 Å². The molecule has 0 bridgehead atoms. The summed E-state index contributed by atoms with van der Waals surface area (Å²) < 4.78 is 5.74. The maximum absolute atomic E-state index is 5.74. The molecule has 0 spiro atoms. The molecule has 0 saturated carbocycles. The minimum absolute atomic E-state index is 0.218. The number of likely N-dealkylation sites (tertiary alicyclic amines) is 1. The van der Waals surface area contributed by atoms with Crippen molar-refractivity contribution < 1.29 is 4.74 Å². The number of nitrogens with zero attached hydrogens (tertiary/aromatic N) is 1. The van der Waals surface area contributed by atoms with Gasteiger partial charge >= 0.3 is 0 Å². The van der Waals surface area contributed by atoms with Gasteiger partial charge in [-0.05, 0) is 47.0 Å². The number of ether oxygens (including phenoxy) is 1. The van der Waals surface area contributed by atoms with Crippen LogP contribution in [0.3, 0.4) is 0 Å². The van der Waals surface area contributed by atoms with E-state index in [4.69, 9.17) is 4.74 Å². The zero-order chi connectivity index (χ0) is 14.3. The van der Waals surface area contributed by atoms with Crippen LogP contribution in [0.15, 0.2) is 0 Å². The van der Waals surface area contributed by atoms with Crippen molar-refractivity contribution in [2.75, 3.05) is 26.2 Å². The normalized spacial score (nSPS) is 20.7. The van der Waals surface area contributed by atoms with Crippen molar-refractivity contribution in [3.05, 3.63) is 0 Å². The fourth-order valence-electron chi connectivity index (χ4n) is 2.81. The quantitative estimate of drug-likeness (QED) is 0.769. The van der Waals surface area contributed by atoms with Crippen LogP contribution < -0.4 is 5.32 Å². The predicted octanol–water partition coefficient (Wildman–Crippen LogP) is 3.04. The third-order valence-corrected chi connectivity index (χ3v) is 3.89. The molecule has 0 aromatic heterocycles. The van der Waals surface area contributed by atoms with E-state index in [1.807, 2.05) is 0 Å². The Bertz CT molecular complexity index is 229. The van der Waals surface area contributed by atoms with E-state index in [0.29, 0.717) is 12.1 Å². The molecule has 0 amide bonds. The van der Waals surface area contributed by atoms with Crippen molar-refractivity contribution >= 4 is 0 Å². The van der Waals surface area contributed by atoms with Crippen LogP contribution in [0.25, 0.3) is 0 Å². The third-order valence-electron chi connectivity index (χ3n) is 3.89. The van der Waals surface area contributed by atoms with E-state index < -0.39 is 0 Å². The first kappa shape index (κ1) is 16.9. The molecule has 1 atom stereocenters. The fourth-order valence-corrected chi connectivity index (χ4v) is 2.81. The highest BCUT2D eigenvalue weighted by Gasteiger charge is 2.25. The van der Waals surface area contributed by atoms with E-state index in [-0.39, 0.29) is 5.54 Å². The molecule has 114 valence electrons. The first-order valence-corrected chi connectivity index (χ1v) is 8.07. The molecule has 1 heterocycles. The van der Waals surface area contributed by atoms with E-state index in [1.165, 1.54) is 38.8 Å². The lowest BCUT2D eigenvalue weighted by Crippen LogP contribution is -2.50. The van der Waals surface area contributed by atoms with Crippen LogP contribution in [0.4, 0.5) is 0 Å². The second kappa shape index (κ2) is 8.23. The van der Waals surface area contributed by atoms with E-state index in [9.17, 15) is 0 Å². The van der Waals surface area contributed by atoms with Gasteiger partial charge in [-0.2, -0.15) is 0 Å². The molecule has 3 nitrogen and oxygen atoms in total. The second-order valence-electron chi connectivity index (χ2n) is 6.76. The molecule has 19 heavy (non-hydrogen) atoms. The highest BCUT2D eigenvalue weighted by molar-refractivity contribution is 4.82. The summed E-state index contributed by atoms with van der Waals surface area (Å²) in [5.74, 6) is 0. The second-order valence-corrected chi connectivity index (χ2v) is 6.76. The maximum atomic E-state index is 5.74. The fraction of sp³-hybridized carbons (Fsp3) is 1.00. The van der Waals surface area contributed by atoms with Gasteiger partial charge in [0, 0.05) is 37.8 Å². The molecular formula is C16H34N2O. The summed E-state index contributed by atoms with van der Waals surface area (Å²) in [6, 6.07) is 0.687. The predicted molar refractivity (Wildman–Crippen MR) is 82.7 cm³/mol. The molecule has 0 aromatic carbocycles. The Hall–Kier alpha value is -0.120. The highest BCUT2D eigenvalue weighted by atomic mass is 16.5. The molecular weight excluding hydrogens is 236 g/mol. The van der Waals surface area contributed by atoms with Crippen LogP contribution in [0.5, 0.6) is 0 Å². The first-order valence-electron chi connectivity index (χ1n) is 8.07. The largest absolute Gasteiger partial charge is 0.378 e. The molecule has 1 aliphatic heterocycles. The number of hydrogen-bond donors (Lipinski definition) is 1. The van der Waals surface area contributed by atoms with Crippen LogP contribution >= 0.6 is 0 Å². The molecule has 1 aliphatic rings. The minimum atomic E-state index is 0.218. The molecule has 1 N–H and O–H groups in total. The molecule has 0 aliphatic carbocycles. The van der Waals surface area contributed by atoms with Gasteiger partial charge in [-0.15, -0.1) is 0 Å². The van der Waals surface area contributed by atoms with Crippen molar-refractivity contribution in [2.24, 2.45) is 0 Å². The SMILES string of the molecule is CCCC(CNC(C)(C)C)N1CCC(OCC)CC1. The van der Waals surface area contributed by atoms with E-state index in [0.717, 1.165) is 13.2 Å². The average molecular weight is 270 g/mol. The lowest BCUT2D eigenvalue weighted by atomic mass is 10.0. The Morgan fingerprint density at radius 1 is 1.21 bits per heavy atom. The summed E-state index contributed by atoms with van der Waals surface area (Å²) in [6.07, 6.45) is 5.45. The van der Waals surface area contributed by atoms with Crippen LogP contribution in [0, 0.1) is 0 Å². The monoisotopic (exact) mass is 270 g/mol. The van der Waals surface area contributed by atoms with Crippen molar-refractivity contribution in [1.29, 1.82) is 0 Å². The minimum Gasteiger partial charge on any atom is -0.378 e. The zero-order valence-corrected chi connectivity index (χ0v) is 13.7. The summed E-state index contributed by atoms with van der Waals surface area (Å²) in [7, 11) is 0. The Labute approximate surface area is 120 Å². The van der Waals surface area contributed by atoms with Gasteiger partial charge in [-0.25, -0.2) is 0 Å². The van der Waals surface area contributed by atoms with Crippen molar-refractivity contribution in [3.63, 3.8) is 0 Å². The molecule has 0 radical (unpaired) electrons. The van der Waals surface area contributed by atoms with E-state index in [1.54, 1.807) is 0 Å². The maximum Gasteiger partial charge on any atom is 0.0599 e. The Balaban J connectivity index is 2.40. The van der Waals surface area contributed by atoms with Gasteiger partial charge in [0.15, 0.2) is 0 Å². The summed E-state index contributed by atoms with van der Waals surface area (Å²) >= 11 is 0. The van der Waals surface area contributed by atoms with Crippen LogP contribution in [-0.2, 0) is 4.74 Å². The standard InChI is InChI=1S/C16H34N2O/c1-6-8-14(13-17-16(3,4)5)18-11-9-15(10-12-18)19-7-2/h14-15,17H,6-13H2,1-5H3. The van der Waals surface area contributed by atoms with Crippen molar-refractivity contribution in [1.82, 2.24) is 10.2 Å². The van der Waals surface area contributed by atoms with Gasteiger partial charge in [0.1, 0.15) is 0 Å². The van der Waals surface area contributed by atoms with Crippen molar-refractivity contribution in [2.45, 2.75) is 78.0 Å². The number of piperidine rings is 1. The lowest BCUT2D eigenvalue weighted by Gasteiger charge is -2.38. The molecule has 0 aromatic rings. The van der Waals surface area contributed by atoms with Gasteiger partial charge < -0.3 is 10.1 Å². The lowest BCUT2D eigenvalue weighted by molar-refractivity contribution is 0.00238. The average Bonchev–Trinajstić information content (AvgIpc) is 2.35. The Morgan fingerprint density at radius 3 is 2.32 bits per heavy atom. The number of nitrogens with one attached hydrogen (secondary N) is 1. The molecule has 1 unspecified atom stereocenters. The highest BCUT2D eigenvalue weighted by Crippen LogP contribution is 2.18. The molecule has 3 heteroatoms. The van der Waals surface area contributed by atoms with Crippen molar-refractivity contribution in [3.8, 4) is 0 Å². The summed E-state index contributed by atoms with van der Waals surface area (Å²) in [5, 5.41) is 3.67. The molecule has 1 saturated heterocycles. The molecule has 1 rings (SSSR count). The number of hydrogen-bond acceptors (Lipinski definition) is 3. The summed E-state index contributed by atoms with van der Waals surface area (Å²) in [6.45, 7) is 15.5. The third kappa shape index (κ3) is 6.73. The zero-order valence-electron chi connectivity index (χ0n) is 13.7. The Morgan fingerprint density at radius 2 is 1.84 bits per heavy atom. The van der Waals surface area contributed by atoms with E-state index >= 15 is 0 Å². The van der Waals surface area contributed by atoms with Crippen LogP contribution in [0.2, 0.25) is 0 Å². The number of rotatable bonds is 7.